The number of sulfonamides is 1. The van der Waals surface area contributed by atoms with E-state index in [-0.39, 0.29) is 4.90 Å². The number of aromatic amines is 1. The van der Waals surface area contributed by atoms with E-state index in [1.165, 1.54) is 6.07 Å². The van der Waals surface area contributed by atoms with Crippen molar-refractivity contribution in [2.24, 2.45) is 0 Å². The number of nitrogens with one attached hydrogen (secondary N) is 2. The number of benzene rings is 2. The maximum atomic E-state index is 12.6. The Bertz CT molecular complexity index is 1090. The maximum Gasteiger partial charge on any atom is 0.269 e. The zero-order chi connectivity index (χ0) is 17.5. The minimum Gasteiger partial charge on any atom is -0.321 e. The quantitative estimate of drug-likeness (QED) is 0.513. The van der Waals surface area contributed by atoms with Crippen LogP contribution in [-0.2, 0) is 10.0 Å². The van der Waals surface area contributed by atoms with E-state index in [2.05, 4.69) is 57.5 Å². The Morgan fingerprint density at radius 1 is 0.917 bits per heavy atom. The second kappa shape index (κ2) is 6.62. The number of H-pyrrole nitrogens is 1. The lowest BCUT2D eigenvalue weighted by Gasteiger charge is -2.09. The fraction of sp³-hybridized carbons (Fsp3) is 0. The number of hydrogen-bond donors (Lipinski definition) is 2. The van der Waals surface area contributed by atoms with Gasteiger partial charge in [-0.05, 0) is 42.5 Å². The van der Waals surface area contributed by atoms with Gasteiger partial charge in [-0.15, -0.1) is 0 Å². The molecule has 124 valence electrons. The van der Waals surface area contributed by atoms with Crippen molar-refractivity contribution in [1.29, 1.82) is 0 Å². The third kappa shape index (κ3) is 3.58. The topological polar surface area (TPSA) is 79.0 Å². The van der Waals surface area contributed by atoms with Crippen LogP contribution in [0.3, 0.4) is 0 Å². The number of hydrogen-bond acceptors (Lipinski definition) is 3. The lowest BCUT2D eigenvalue weighted by atomic mass is 10.2. The Kier molecular flexibility index (Phi) is 4.87. The van der Waals surface area contributed by atoms with Gasteiger partial charge in [-0.2, -0.15) is 0 Å². The van der Waals surface area contributed by atoms with Gasteiger partial charge in [0.2, 0.25) is 0 Å². The molecule has 2 N–H and O–H groups in total. The molecule has 2 aromatic carbocycles. The highest BCUT2D eigenvalue weighted by atomic mass is 79.9. The molecule has 0 saturated heterocycles. The molecule has 3 aromatic rings. The molecule has 0 aliphatic carbocycles. The maximum absolute atomic E-state index is 12.6. The predicted molar refractivity (Wildman–Crippen MR) is 105 cm³/mol. The van der Waals surface area contributed by atoms with Crippen LogP contribution in [0.25, 0.3) is 10.9 Å². The molecule has 0 spiro atoms. The van der Waals surface area contributed by atoms with E-state index in [0.717, 1.165) is 8.95 Å². The van der Waals surface area contributed by atoms with Crippen molar-refractivity contribution < 1.29 is 8.42 Å². The average molecular weight is 537 g/mol. The first kappa shape index (κ1) is 17.7. The lowest BCUT2D eigenvalue weighted by Crippen LogP contribution is -2.23. The van der Waals surface area contributed by atoms with Gasteiger partial charge in [-0.25, -0.2) is 8.42 Å². The van der Waals surface area contributed by atoms with Crippen LogP contribution in [0.4, 0.5) is 5.69 Å². The third-order valence-electron chi connectivity index (χ3n) is 3.23. The van der Waals surface area contributed by atoms with Gasteiger partial charge in [-0.1, -0.05) is 47.8 Å². The molecule has 9 heteroatoms. The summed E-state index contributed by atoms with van der Waals surface area (Å²) in [5, 5.41) is 0.592. The highest BCUT2D eigenvalue weighted by molar-refractivity contribution is 9.11. The number of fused-ring (bicyclic) bond motifs is 1. The molecule has 5 nitrogen and oxygen atoms in total. The van der Waals surface area contributed by atoms with E-state index in [1.807, 2.05) is 0 Å². The van der Waals surface area contributed by atoms with Gasteiger partial charge in [0.15, 0.2) is 4.90 Å². The number of pyridine rings is 1. The summed E-state index contributed by atoms with van der Waals surface area (Å²) in [6, 6.07) is 11.5. The number of anilines is 1. The van der Waals surface area contributed by atoms with E-state index in [9.17, 15) is 13.2 Å². The van der Waals surface area contributed by atoms with Crippen molar-refractivity contribution in [3.63, 3.8) is 0 Å². The van der Waals surface area contributed by atoms with Gasteiger partial charge in [0.25, 0.3) is 15.6 Å². The van der Waals surface area contributed by atoms with Gasteiger partial charge < -0.3 is 4.98 Å². The van der Waals surface area contributed by atoms with Crippen LogP contribution < -0.4 is 10.3 Å². The molecule has 0 radical (unpaired) electrons. The molecule has 0 unspecified atom stereocenters. The van der Waals surface area contributed by atoms with E-state index in [1.54, 1.807) is 36.4 Å². The first-order valence-corrected chi connectivity index (χ1v) is 10.4. The SMILES string of the molecule is O=c1[nH]c2cc(Br)cc(Br)c2cc1S(=O)(=O)Nc1ccc(Br)cc1. The van der Waals surface area contributed by atoms with Crippen LogP contribution in [0.15, 0.2) is 65.6 Å². The van der Waals surface area contributed by atoms with E-state index >= 15 is 0 Å². The van der Waals surface area contributed by atoms with E-state index in [0.29, 0.717) is 21.1 Å². The molecular formula is C15H9Br3N2O3S. The van der Waals surface area contributed by atoms with Gasteiger partial charge in [0.1, 0.15) is 0 Å². The summed E-state index contributed by atoms with van der Waals surface area (Å²) in [5.74, 6) is 0. The van der Waals surface area contributed by atoms with Gasteiger partial charge in [0.05, 0.1) is 5.52 Å². The van der Waals surface area contributed by atoms with Gasteiger partial charge in [0, 0.05) is 24.5 Å². The number of aromatic nitrogens is 1. The van der Waals surface area contributed by atoms with Crippen LogP contribution in [0.5, 0.6) is 0 Å². The second-order valence-electron chi connectivity index (χ2n) is 4.92. The van der Waals surface area contributed by atoms with Crippen molar-refractivity contribution >= 4 is 74.4 Å². The Balaban J connectivity index is 2.12. The van der Waals surface area contributed by atoms with Crippen molar-refractivity contribution in [2.45, 2.75) is 4.90 Å². The molecule has 0 bridgehead atoms. The normalized spacial score (nSPS) is 11.6. The Hall–Kier alpha value is -1.16. The van der Waals surface area contributed by atoms with Crippen molar-refractivity contribution in [1.82, 2.24) is 4.98 Å². The van der Waals surface area contributed by atoms with Crippen molar-refractivity contribution in [3.8, 4) is 0 Å². The smallest absolute Gasteiger partial charge is 0.269 e. The average Bonchev–Trinajstić information content (AvgIpc) is 2.48. The van der Waals surface area contributed by atoms with Crippen molar-refractivity contribution in [3.05, 3.63) is 66.2 Å². The minimum atomic E-state index is -4.02. The monoisotopic (exact) mass is 534 g/mol. The second-order valence-corrected chi connectivity index (χ2v) is 9.26. The molecule has 0 aliphatic heterocycles. The Labute approximate surface area is 162 Å². The fourth-order valence-electron chi connectivity index (χ4n) is 2.14. The zero-order valence-corrected chi connectivity index (χ0v) is 17.4. The molecular weight excluding hydrogens is 528 g/mol. The van der Waals surface area contributed by atoms with Crippen LogP contribution in [0.1, 0.15) is 0 Å². The molecule has 1 heterocycles. The lowest BCUT2D eigenvalue weighted by molar-refractivity contribution is 0.600. The van der Waals surface area contributed by atoms with Crippen molar-refractivity contribution in [2.75, 3.05) is 4.72 Å². The number of halogens is 3. The highest BCUT2D eigenvalue weighted by Crippen LogP contribution is 2.28. The van der Waals surface area contributed by atoms with E-state index in [4.69, 9.17) is 0 Å². The Morgan fingerprint density at radius 2 is 1.58 bits per heavy atom. The summed E-state index contributed by atoms with van der Waals surface area (Å²) in [5.41, 5.74) is 0.216. The minimum absolute atomic E-state index is 0.346. The summed E-state index contributed by atoms with van der Waals surface area (Å²) in [6.07, 6.45) is 0. The molecule has 0 fully saturated rings. The zero-order valence-electron chi connectivity index (χ0n) is 11.8. The molecule has 0 saturated carbocycles. The van der Waals surface area contributed by atoms with E-state index < -0.39 is 15.6 Å². The fourth-order valence-corrected chi connectivity index (χ4v) is 4.87. The van der Waals surface area contributed by atoms with Gasteiger partial charge in [-0.3, -0.25) is 9.52 Å². The van der Waals surface area contributed by atoms with Gasteiger partial charge >= 0.3 is 0 Å². The third-order valence-corrected chi connectivity index (χ3v) is 6.26. The van der Waals surface area contributed by atoms with Crippen LogP contribution in [-0.4, -0.2) is 13.4 Å². The summed E-state index contributed by atoms with van der Waals surface area (Å²) < 4.78 is 29.8. The molecule has 24 heavy (non-hydrogen) atoms. The molecule has 0 aliphatic rings. The number of rotatable bonds is 3. The first-order valence-electron chi connectivity index (χ1n) is 6.57. The first-order chi connectivity index (χ1) is 11.3. The summed E-state index contributed by atoms with van der Waals surface area (Å²) in [6.45, 7) is 0. The van der Waals surface area contributed by atoms with Crippen LogP contribution in [0, 0.1) is 0 Å². The molecule has 0 amide bonds. The standard InChI is InChI=1S/C15H9Br3N2O3S/c16-8-1-3-10(4-2-8)20-24(22,23)14-7-11-12(18)5-9(17)6-13(11)19-15(14)21/h1-7,20H,(H,19,21). The van der Waals surface area contributed by atoms with Crippen LogP contribution >= 0.6 is 47.8 Å². The molecule has 1 aromatic heterocycles. The largest absolute Gasteiger partial charge is 0.321 e. The molecule has 0 atom stereocenters. The summed E-state index contributed by atoms with van der Waals surface area (Å²) in [7, 11) is -4.02. The molecule has 3 rings (SSSR count). The summed E-state index contributed by atoms with van der Waals surface area (Å²) in [4.78, 5) is 14.5. The van der Waals surface area contributed by atoms with Crippen LogP contribution in [0.2, 0.25) is 0 Å². The Morgan fingerprint density at radius 3 is 2.25 bits per heavy atom. The predicted octanol–water partition coefficient (Wildman–Crippen LogP) is 4.62. The summed E-state index contributed by atoms with van der Waals surface area (Å²) >= 11 is 9.99. The highest BCUT2D eigenvalue weighted by Gasteiger charge is 2.20.